The van der Waals surface area contributed by atoms with Crippen LogP contribution in [0.25, 0.3) is 10.8 Å². The van der Waals surface area contributed by atoms with Crippen molar-refractivity contribution in [2.75, 3.05) is 0 Å². The van der Waals surface area contributed by atoms with E-state index in [4.69, 9.17) is 0 Å². The zero-order valence-electron chi connectivity index (χ0n) is 6.56. The lowest BCUT2D eigenvalue weighted by Crippen LogP contribution is -2.18. The van der Waals surface area contributed by atoms with E-state index in [0.29, 0.717) is 5.39 Å². The number of aryl methyl sites for hydroxylation is 1. The number of hydrogen-bond donors (Lipinski definition) is 0. The van der Waals surface area contributed by atoms with Gasteiger partial charge in [-0.1, -0.05) is 0 Å². The fourth-order valence-electron chi connectivity index (χ4n) is 1.08. The first-order chi connectivity index (χ1) is 5.79. The van der Waals surface area contributed by atoms with Gasteiger partial charge in [-0.2, -0.15) is 5.10 Å². The normalized spacial score (nSPS) is 10.4. The first-order valence-electron chi connectivity index (χ1n) is 3.55. The van der Waals surface area contributed by atoms with E-state index in [1.54, 1.807) is 31.7 Å². The van der Waals surface area contributed by atoms with E-state index < -0.39 is 0 Å². The first-order valence-corrected chi connectivity index (χ1v) is 3.55. The molecule has 0 aliphatic rings. The lowest BCUT2D eigenvalue weighted by atomic mass is 10.2. The molecule has 2 aromatic heterocycles. The molecule has 0 radical (unpaired) electrons. The summed E-state index contributed by atoms with van der Waals surface area (Å²) in [6, 6.07) is 1.69. The van der Waals surface area contributed by atoms with Crippen molar-refractivity contribution < 1.29 is 0 Å². The van der Waals surface area contributed by atoms with E-state index in [1.807, 2.05) is 0 Å². The molecule has 0 N–H and O–H groups in total. The van der Waals surface area contributed by atoms with Crippen molar-refractivity contribution in [3.8, 4) is 0 Å². The topological polar surface area (TPSA) is 47.8 Å². The summed E-state index contributed by atoms with van der Waals surface area (Å²) in [4.78, 5) is 15.3. The Labute approximate surface area is 68.5 Å². The summed E-state index contributed by atoms with van der Waals surface area (Å²) in [5, 5.41) is 5.30. The Balaban J connectivity index is 3.01. The molecule has 0 unspecified atom stereocenters. The maximum Gasteiger partial charge on any atom is 0.274 e. The van der Waals surface area contributed by atoms with Gasteiger partial charge in [0, 0.05) is 24.8 Å². The third kappa shape index (κ3) is 0.887. The maximum atomic E-state index is 11.4. The molecule has 0 aliphatic heterocycles. The van der Waals surface area contributed by atoms with Gasteiger partial charge in [0.05, 0.1) is 11.6 Å². The molecule has 0 amide bonds. The summed E-state index contributed by atoms with van der Waals surface area (Å²) >= 11 is 0. The molecule has 12 heavy (non-hydrogen) atoms. The van der Waals surface area contributed by atoms with Crippen LogP contribution in [0.1, 0.15) is 0 Å². The second-order valence-corrected chi connectivity index (χ2v) is 2.54. The van der Waals surface area contributed by atoms with E-state index in [2.05, 4.69) is 10.1 Å². The molecule has 0 atom stereocenters. The first kappa shape index (κ1) is 6.97. The van der Waals surface area contributed by atoms with Crippen LogP contribution in [0.2, 0.25) is 0 Å². The van der Waals surface area contributed by atoms with Crippen molar-refractivity contribution in [2.45, 2.75) is 0 Å². The minimum atomic E-state index is -0.0881. The van der Waals surface area contributed by atoms with Crippen molar-refractivity contribution >= 4 is 10.8 Å². The molecule has 2 aromatic rings. The van der Waals surface area contributed by atoms with E-state index >= 15 is 0 Å². The molecule has 2 heterocycles. The van der Waals surface area contributed by atoms with E-state index in [9.17, 15) is 4.79 Å². The molecule has 0 saturated heterocycles. The lowest BCUT2D eigenvalue weighted by molar-refractivity contribution is 0.718. The number of hydrogen-bond acceptors (Lipinski definition) is 3. The van der Waals surface area contributed by atoms with Gasteiger partial charge in [0.2, 0.25) is 0 Å². The van der Waals surface area contributed by atoms with Crippen LogP contribution >= 0.6 is 0 Å². The van der Waals surface area contributed by atoms with Crippen LogP contribution in [-0.2, 0) is 7.05 Å². The van der Waals surface area contributed by atoms with Crippen molar-refractivity contribution in [1.29, 1.82) is 0 Å². The van der Waals surface area contributed by atoms with Crippen LogP contribution < -0.4 is 5.56 Å². The standard InChI is InChI=1S/C8H7N3O/c1-11-8(12)7-2-3-9-4-6(7)5-10-11/h2-5H,1H3. The largest absolute Gasteiger partial charge is 0.274 e. The Morgan fingerprint density at radius 3 is 3.08 bits per heavy atom. The van der Waals surface area contributed by atoms with Gasteiger partial charge in [-0.25, -0.2) is 4.68 Å². The monoisotopic (exact) mass is 161 g/mol. The molecule has 60 valence electrons. The summed E-state index contributed by atoms with van der Waals surface area (Å²) in [5.74, 6) is 0. The highest BCUT2D eigenvalue weighted by atomic mass is 16.1. The Kier molecular flexibility index (Phi) is 1.40. The Morgan fingerprint density at radius 2 is 2.25 bits per heavy atom. The average Bonchev–Trinajstić information content (AvgIpc) is 2.12. The highest BCUT2D eigenvalue weighted by molar-refractivity contribution is 5.79. The van der Waals surface area contributed by atoms with Crippen LogP contribution in [0.4, 0.5) is 0 Å². The summed E-state index contributed by atoms with van der Waals surface area (Å²) in [7, 11) is 1.63. The molecule has 0 aromatic carbocycles. The summed E-state index contributed by atoms with van der Waals surface area (Å²) < 4.78 is 1.31. The fourth-order valence-corrected chi connectivity index (χ4v) is 1.08. The SMILES string of the molecule is Cn1ncc2cnccc2c1=O. The molecule has 2 rings (SSSR count). The van der Waals surface area contributed by atoms with Crippen molar-refractivity contribution in [1.82, 2.24) is 14.8 Å². The molecule has 4 heteroatoms. The van der Waals surface area contributed by atoms with Gasteiger partial charge in [0.25, 0.3) is 5.56 Å². The smallest absolute Gasteiger partial charge is 0.267 e. The van der Waals surface area contributed by atoms with Gasteiger partial charge >= 0.3 is 0 Å². The van der Waals surface area contributed by atoms with Crippen molar-refractivity contribution in [3.05, 3.63) is 35.0 Å². The summed E-state index contributed by atoms with van der Waals surface area (Å²) in [5.41, 5.74) is -0.0881. The fraction of sp³-hybridized carbons (Fsp3) is 0.125. The van der Waals surface area contributed by atoms with Crippen LogP contribution in [0, 0.1) is 0 Å². The highest BCUT2D eigenvalue weighted by Gasteiger charge is 1.98. The predicted molar refractivity (Wildman–Crippen MR) is 44.8 cm³/mol. The van der Waals surface area contributed by atoms with Crippen molar-refractivity contribution in [3.63, 3.8) is 0 Å². The van der Waals surface area contributed by atoms with Crippen LogP contribution in [-0.4, -0.2) is 14.8 Å². The second-order valence-electron chi connectivity index (χ2n) is 2.54. The zero-order valence-corrected chi connectivity index (χ0v) is 6.56. The maximum absolute atomic E-state index is 11.4. The number of fused-ring (bicyclic) bond motifs is 1. The molecule has 0 aliphatic carbocycles. The Hall–Kier alpha value is -1.71. The minimum absolute atomic E-state index is 0.0881. The molecule has 0 saturated carbocycles. The number of pyridine rings is 1. The highest BCUT2D eigenvalue weighted by Crippen LogP contribution is 2.03. The Morgan fingerprint density at radius 1 is 1.42 bits per heavy atom. The van der Waals surface area contributed by atoms with Gasteiger partial charge in [-0.3, -0.25) is 9.78 Å². The molecule has 0 fully saturated rings. The third-order valence-electron chi connectivity index (χ3n) is 1.75. The summed E-state index contributed by atoms with van der Waals surface area (Å²) in [6.45, 7) is 0. The van der Waals surface area contributed by atoms with E-state index in [0.717, 1.165) is 5.39 Å². The van der Waals surface area contributed by atoms with Crippen LogP contribution in [0.15, 0.2) is 29.5 Å². The predicted octanol–water partition coefficient (Wildman–Crippen LogP) is 0.328. The lowest BCUT2D eigenvalue weighted by Gasteiger charge is -1.97. The quantitative estimate of drug-likeness (QED) is 0.559. The molecule has 4 nitrogen and oxygen atoms in total. The van der Waals surface area contributed by atoms with Crippen molar-refractivity contribution in [2.24, 2.45) is 7.05 Å². The zero-order chi connectivity index (χ0) is 8.55. The molecular weight excluding hydrogens is 154 g/mol. The number of nitrogens with zero attached hydrogens (tertiary/aromatic N) is 3. The number of rotatable bonds is 0. The summed E-state index contributed by atoms with van der Waals surface area (Å²) in [6.07, 6.45) is 4.86. The minimum Gasteiger partial charge on any atom is -0.267 e. The Bertz CT molecular complexity index is 475. The van der Waals surface area contributed by atoms with Crippen LogP contribution in [0.3, 0.4) is 0 Å². The average molecular weight is 161 g/mol. The van der Waals surface area contributed by atoms with E-state index in [-0.39, 0.29) is 5.56 Å². The van der Waals surface area contributed by atoms with Gasteiger partial charge in [-0.15, -0.1) is 0 Å². The molecule has 0 spiro atoms. The number of aromatic nitrogens is 3. The van der Waals surface area contributed by atoms with Gasteiger partial charge in [0.15, 0.2) is 0 Å². The van der Waals surface area contributed by atoms with Crippen LogP contribution in [0.5, 0.6) is 0 Å². The van der Waals surface area contributed by atoms with E-state index in [1.165, 1.54) is 4.68 Å². The third-order valence-corrected chi connectivity index (χ3v) is 1.75. The second kappa shape index (κ2) is 2.41. The van der Waals surface area contributed by atoms with Gasteiger partial charge in [0.1, 0.15) is 0 Å². The van der Waals surface area contributed by atoms with Gasteiger partial charge in [-0.05, 0) is 6.07 Å². The molecule has 0 bridgehead atoms. The molecular formula is C8H7N3O. The van der Waals surface area contributed by atoms with Gasteiger partial charge < -0.3 is 0 Å².